The number of aryl methyl sites for hydroxylation is 1. The Morgan fingerprint density at radius 2 is 1.21 bits per heavy atom. The standard InChI is InChI=1S/C26H16N3.C25H25N2.Ir/c1-27-16-28(17-8-3-2-4-9-17)23-15-14-22-24(26(23)27)20-12-7-11-19-18-10-5-6-13-21(18)29(22)25(19)20;1-17(2)20-13-10-14-21(18(3)4)24(20)27-23-16-9-8-15-22(23)26-25(27)19-11-6-5-7-12-19;/h2-8,10-15H,1H3;5-11,13-18H,1-4H3;/q2*-1;+3. The molecule has 0 unspecified atom stereocenters. The molecule has 0 fully saturated rings. The molecule has 57 heavy (non-hydrogen) atoms. The Balaban J connectivity index is 0.000000146. The van der Waals surface area contributed by atoms with Crippen LogP contribution >= 0.6 is 0 Å². The van der Waals surface area contributed by atoms with Gasteiger partial charge in [-0.1, -0.05) is 106 Å². The van der Waals surface area contributed by atoms with E-state index in [1.54, 1.807) is 0 Å². The summed E-state index contributed by atoms with van der Waals surface area (Å²) in [5.74, 6) is 1.80. The monoisotopic (exact) mass is 916 g/mol. The van der Waals surface area contributed by atoms with Crippen LogP contribution in [-0.4, -0.2) is 18.5 Å². The van der Waals surface area contributed by atoms with Gasteiger partial charge >= 0.3 is 20.1 Å². The van der Waals surface area contributed by atoms with Crippen LogP contribution in [-0.2, 0) is 27.2 Å². The van der Waals surface area contributed by atoms with Gasteiger partial charge in [0.2, 0.25) is 6.33 Å². The summed E-state index contributed by atoms with van der Waals surface area (Å²) in [6, 6.07) is 57.7. The van der Waals surface area contributed by atoms with Crippen molar-refractivity contribution in [1.29, 1.82) is 0 Å². The second kappa shape index (κ2) is 14.5. The maximum Gasteiger partial charge on any atom is 3.00 e. The largest absolute Gasteiger partial charge is 3.00 e. The number of fused-ring (bicyclic) bond motifs is 9. The molecule has 11 rings (SSSR count). The van der Waals surface area contributed by atoms with Gasteiger partial charge in [0.1, 0.15) is 0 Å². The van der Waals surface area contributed by atoms with Crippen molar-refractivity contribution >= 4 is 60.2 Å². The van der Waals surface area contributed by atoms with E-state index in [-0.39, 0.29) is 20.1 Å². The molecule has 0 aliphatic heterocycles. The second-order valence-electron chi connectivity index (χ2n) is 15.3. The van der Waals surface area contributed by atoms with Gasteiger partial charge in [0.25, 0.3) is 0 Å². The van der Waals surface area contributed by atoms with Crippen LogP contribution in [0.3, 0.4) is 0 Å². The molecule has 5 nitrogen and oxygen atoms in total. The molecular weight excluding hydrogens is 875 g/mol. The Kier molecular flexibility index (Phi) is 9.27. The predicted molar refractivity (Wildman–Crippen MR) is 230 cm³/mol. The van der Waals surface area contributed by atoms with Crippen LogP contribution in [0.15, 0.2) is 146 Å². The van der Waals surface area contributed by atoms with E-state index in [4.69, 9.17) is 4.98 Å². The van der Waals surface area contributed by atoms with Crippen LogP contribution in [0.2, 0.25) is 0 Å². The first-order chi connectivity index (χ1) is 27.4. The maximum atomic E-state index is 4.99. The number of rotatable bonds is 5. The SMILES string of the molecule is CC(C)c1cccc(C(C)C)c1-n1c(-c2[c-]cccc2)nc2ccccc21.C[n+]1[c-]n(-c2[c-]cccc2)c2ccc3c(c4cccc5c6ccccc6n3c54)c21.[Ir+3]. The molecular formula is C51H41IrN5+. The van der Waals surface area contributed by atoms with E-state index >= 15 is 0 Å². The second-order valence-corrected chi connectivity index (χ2v) is 15.3. The maximum absolute atomic E-state index is 4.99. The minimum absolute atomic E-state index is 0. The summed E-state index contributed by atoms with van der Waals surface area (Å²) >= 11 is 0. The summed E-state index contributed by atoms with van der Waals surface area (Å²) in [5.41, 5.74) is 14.3. The zero-order valence-corrected chi connectivity index (χ0v) is 35.0. The van der Waals surface area contributed by atoms with Crippen LogP contribution < -0.4 is 4.57 Å². The van der Waals surface area contributed by atoms with Gasteiger partial charge in [-0.05, 0) is 47.2 Å². The average Bonchev–Trinajstić information content (AvgIpc) is 3.98. The average molecular weight is 916 g/mol. The van der Waals surface area contributed by atoms with Gasteiger partial charge in [-0.25, -0.2) is 0 Å². The number of hydrogen-bond donors (Lipinski definition) is 0. The third kappa shape index (κ3) is 5.78. The molecule has 0 bridgehead atoms. The van der Waals surface area contributed by atoms with Crippen molar-refractivity contribution in [3.63, 3.8) is 0 Å². The van der Waals surface area contributed by atoms with E-state index in [2.05, 4.69) is 180 Å². The van der Waals surface area contributed by atoms with Crippen molar-refractivity contribution in [3.8, 4) is 22.8 Å². The number of hydrogen-bond acceptors (Lipinski definition) is 1. The topological polar surface area (TPSA) is 31.0 Å². The van der Waals surface area contributed by atoms with E-state index in [1.165, 1.54) is 60.4 Å². The van der Waals surface area contributed by atoms with Gasteiger partial charge in [0.05, 0.1) is 46.0 Å². The van der Waals surface area contributed by atoms with Crippen LogP contribution in [0.5, 0.6) is 0 Å². The smallest absolute Gasteiger partial charge is 0.342 e. The molecule has 11 aromatic rings. The summed E-state index contributed by atoms with van der Waals surface area (Å²) in [5, 5.41) is 5.19. The number of imidazole rings is 2. The molecule has 4 aromatic heterocycles. The first kappa shape index (κ1) is 36.6. The first-order valence-electron chi connectivity index (χ1n) is 19.4. The van der Waals surface area contributed by atoms with Gasteiger partial charge in [0, 0.05) is 32.7 Å². The van der Waals surface area contributed by atoms with Crippen molar-refractivity contribution < 1.29 is 24.7 Å². The Bertz CT molecular complexity index is 3180. The zero-order chi connectivity index (χ0) is 38.1. The van der Waals surface area contributed by atoms with Gasteiger partial charge < -0.3 is 18.1 Å². The summed E-state index contributed by atoms with van der Waals surface area (Å²) in [6.07, 6.45) is 3.48. The molecule has 0 spiro atoms. The third-order valence-electron chi connectivity index (χ3n) is 11.2. The van der Waals surface area contributed by atoms with Crippen molar-refractivity contribution in [3.05, 3.63) is 175 Å². The van der Waals surface area contributed by atoms with Crippen LogP contribution in [0.25, 0.3) is 82.9 Å². The Morgan fingerprint density at radius 3 is 1.93 bits per heavy atom. The zero-order valence-electron chi connectivity index (χ0n) is 32.6. The van der Waals surface area contributed by atoms with Crippen LogP contribution in [0.1, 0.15) is 50.7 Å². The predicted octanol–water partition coefficient (Wildman–Crippen LogP) is 11.9. The Labute approximate surface area is 346 Å². The van der Waals surface area contributed by atoms with Crippen molar-refractivity contribution in [1.82, 2.24) is 18.5 Å². The number of aromatic nitrogens is 5. The molecule has 0 saturated heterocycles. The fraction of sp³-hybridized carbons (Fsp3) is 0.137. The van der Waals surface area contributed by atoms with Crippen molar-refractivity contribution in [2.45, 2.75) is 39.5 Å². The van der Waals surface area contributed by atoms with Crippen LogP contribution in [0.4, 0.5) is 0 Å². The molecule has 0 atom stereocenters. The number of benzene rings is 7. The van der Waals surface area contributed by atoms with E-state index in [0.717, 1.165) is 33.6 Å². The molecule has 4 heterocycles. The minimum Gasteiger partial charge on any atom is -0.342 e. The molecule has 7 aromatic carbocycles. The van der Waals surface area contributed by atoms with Gasteiger partial charge in [-0.15, -0.1) is 35.9 Å². The third-order valence-corrected chi connectivity index (χ3v) is 11.2. The van der Waals surface area contributed by atoms with Gasteiger partial charge in [-0.2, -0.15) is 30.3 Å². The molecule has 0 aliphatic rings. The fourth-order valence-corrected chi connectivity index (χ4v) is 8.71. The summed E-state index contributed by atoms with van der Waals surface area (Å²) in [6.45, 7) is 9.04. The Morgan fingerprint density at radius 1 is 0.579 bits per heavy atom. The van der Waals surface area contributed by atoms with E-state index in [1.807, 2.05) is 36.4 Å². The molecule has 0 radical (unpaired) electrons. The summed E-state index contributed by atoms with van der Waals surface area (Å²) < 4.78 is 8.97. The van der Waals surface area contributed by atoms with Gasteiger partial charge in [-0.3, -0.25) is 4.98 Å². The van der Waals surface area contributed by atoms with E-state index in [9.17, 15) is 0 Å². The van der Waals surface area contributed by atoms with Crippen LogP contribution in [0, 0.1) is 18.5 Å². The first-order valence-corrected chi connectivity index (χ1v) is 19.4. The van der Waals surface area contributed by atoms with E-state index < -0.39 is 0 Å². The molecule has 0 amide bonds. The van der Waals surface area contributed by atoms with Gasteiger partial charge in [0.15, 0.2) is 0 Å². The summed E-state index contributed by atoms with van der Waals surface area (Å²) in [4.78, 5) is 4.99. The Hall–Kier alpha value is -6.07. The summed E-state index contributed by atoms with van der Waals surface area (Å²) in [7, 11) is 2.08. The van der Waals surface area contributed by atoms with Crippen molar-refractivity contribution in [2.24, 2.45) is 7.05 Å². The van der Waals surface area contributed by atoms with E-state index in [0.29, 0.717) is 11.8 Å². The fourth-order valence-electron chi connectivity index (χ4n) is 8.71. The minimum atomic E-state index is 0. The molecule has 278 valence electrons. The number of para-hydroxylation sites is 6. The number of nitrogens with zero attached hydrogens (tertiary/aromatic N) is 5. The molecule has 6 heteroatoms. The molecule has 0 saturated carbocycles. The normalized spacial score (nSPS) is 11.8. The molecule has 0 aliphatic carbocycles. The van der Waals surface area contributed by atoms with Crippen molar-refractivity contribution in [2.75, 3.05) is 0 Å². The quantitative estimate of drug-likeness (QED) is 0.125. The molecule has 0 N–H and O–H groups in total.